The highest BCUT2D eigenvalue weighted by molar-refractivity contribution is 5.85. The Balaban J connectivity index is 0.00000261. The second-order valence-corrected chi connectivity index (χ2v) is 7.27. The van der Waals surface area contributed by atoms with E-state index in [1.807, 2.05) is 23.0 Å². The normalized spacial score (nSPS) is 19.3. The third kappa shape index (κ3) is 5.35. The minimum absolute atomic E-state index is 0. The second-order valence-electron chi connectivity index (χ2n) is 7.27. The van der Waals surface area contributed by atoms with Gasteiger partial charge >= 0.3 is 6.03 Å². The Hall–Kier alpha value is -1.80. The molecule has 1 saturated carbocycles. The third-order valence-electron chi connectivity index (χ3n) is 5.41. The smallest absolute Gasteiger partial charge is 0.317 e. The summed E-state index contributed by atoms with van der Waals surface area (Å²) in [6.45, 7) is 2.28. The molecule has 1 aliphatic carbocycles. The SMILES string of the molecule is CNC(C(=O)N1CCN(C(=O)NC2CCCCC2)CC1)c1cnn(C)c1.Cl. The highest BCUT2D eigenvalue weighted by atomic mass is 35.5. The first-order valence-electron chi connectivity index (χ1n) is 9.58. The molecule has 3 amide bonds. The summed E-state index contributed by atoms with van der Waals surface area (Å²) in [4.78, 5) is 28.9. The quantitative estimate of drug-likeness (QED) is 0.800. The fourth-order valence-electron chi connectivity index (χ4n) is 3.85. The monoisotopic (exact) mass is 398 g/mol. The number of likely N-dealkylation sites (N-methyl/N-ethyl adjacent to an activating group) is 1. The van der Waals surface area contributed by atoms with Crippen LogP contribution in [0.4, 0.5) is 4.79 Å². The van der Waals surface area contributed by atoms with Crippen LogP contribution in [0.5, 0.6) is 0 Å². The van der Waals surface area contributed by atoms with Crippen LogP contribution in [-0.4, -0.2) is 70.8 Å². The van der Waals surface area contributed by atoms with E-state index >= 15 is 0 Å². The molecule has 0 aromatic carbocycles. The van der Waals surface area contributed by atoms with Crippen molar-refractivity contribution in [2.75, 3.05) is 33.2 Å². The van der Waals surface area contributed by atoms with E-state index in [1.165, 1.54) is 19.3 Å². The Morgan fingerprint density at radius 3 is 2.30 bits per heavy atom. The van der Waals surface area contributed by atoms with Crippen LogP contribution >= 0.6 is 12.4 Å². The average molecular weight is 399 g/mol. The molecule has 1 unspecified atom stereocenters. The van der Waals surface area contributed by atoms with Gasteiger partial charge in [-0.15, -0.1) is 12.4 Å². The van der Waals surface area contributed by atoms with Crippen molar-refractivity contribution in [2.24, 2.45) is 7.05 Å². The maximum absolute atomic E-state index is 12.8. The standard InChI is InChI=1S/C18H30N6O2.ClH/c1-19-16(14-12-20-22(2)13-14)17(25)23-8-10-24(11-9-23)18(26)21-15-6-4-3-5-7-15;/h12-13,15-16,19H,3-11H2,1-2H3,(H,21,26);1H. The number of halogens is 1. The fraction of sp³-hybridized carbons (Fsp3) is 0.722. The predicted molar refractivity (Wildman–Crippen MR) is 106 cm³/mol. The lowest BCUT2D eigenvalue weighted by atomic mass is 9.96. The predicted octanol–water partition coefficient (Wildman–Crippen LogP) is 1.29. The van der Waals surface area contributed by atoms with E-state index in [9.17, 15) is 9.59 Å². The number of carbonyl (C=O) groups excluding carboxylic acids is 2. The molecule has 1 aromatic heterocycles. The summed E-state index contributed by atoms with van der Waals surface area (Å²) < 4.78 is 1.69. The minimum Gasteiger partial charge on any atom is -0.337 e. The van der Waals surface area contributed by atoms with E-state index in [0.29, 0.717) is 32.2 Å². The van der Waals surface area contributed by atoms with Crippen LogP contribution in [0.15, 0.2) is 12.4 Å². The number of aryl methyl sites for hydroxylation is 1. The molecule has 2 aliphatic rings. The molecule has 0 bridgehead atoms. The first kappa shape index (κ1) is 21.5. The van der Waals surface area contributed by atoms with Crippen molar-refractivity contribution in [3.05, 3.63) is 18.0 Å². The summed E-state index contributed by atoms with van der Waals surface area (Å²) in [5.41, 5.74) is 0.859. The van der Waals surface area contributed by atoms with Crippen molar-refractivity contribution >= 4 is 24.3 Å². The molecule has 2 heterocycles. The number of piperazine rings is 1. The Labute approximate surface area is 167 Å². The molecule has 152 valence electrons. The Bertz CT molecular complexity index is 623. The number of amides is 3. The van der Waals surface area contributed by atoms with E-state index in [0.717, 1.165) is 18.4 Å². The number of aromatic nitrogens is 2. The summed E-state index contributed by atoms with van der Waals surface area (Å²) in [7, 11) is 3.62. The lowest BCUT2D eigenvalue weighted by Gasteiger charge is -2.37. The molecule has 1 atom stereocenters. The lowest BCUT2D eigenvalue weighted by molar-refractivity contribution is -0.134. The van der Waals surface area contributed by atoms with Gasteiger partial charge in [0, 0.05) is 51.0 Å². The molecule has 2 N–H and O–H groups in total. The van der Waals surface area contributed by atoms with Gasteiger partial charge in [0.1, 0.15) is 6.04 Å². The Kier molecular flexibility index (Phi) is 7.91. The molecule has 1 saturated heterocycles. The summed E-state index contributed by atoms with van der Waals surface area (Å²) in [5.74, 6) is 0.0350. The molecule has 1 aromatic rings. The van der Waals surface area contributed by atoms with Crippen LogP contribution in [0.3, 0.4) is 0 Å². The topological polar surface area (TPSA) is 82.5 Å². The van der Waals surface area contributed by atoms with Crippen molar-refractivity contribution in [1.82, 2.24) is 30.2 Å². The van der Waals surface area contributed by atoms with Gasteiger partial charge in [0.05, 0.1) is 6.20 Å². The van der Waals surface area contributed by atoms with Crippen molar-refractivity contribution < 1.29 is 9.59 Å². The van der Waals surface area contributed by atoms with Crippen LogP contribution in [0.2, 0.25) is 0 Å². The van der Waals surface area contributed by atoms with E-state index in [-0.39, 0.29) is 24.3 Å². The molecule has 3 rings (SSSR count). The van der Waals surface area contributed by atoms with Crippen LogP contribution in [0.1, 0.15) is 43.7 Å². The first-order valence-corrected chi connectivity index (χ1v) is 9.58. The van der Waals surface area contributed by atoms with Gasteiger partial charge in [0.15, 0.2) is 0 Å². The zero-order valence-electron chi connectivity index (χ0n) is 16.2. The second kappa shape index (κ2) is 9.94. The number of urea groups is 1. The summed E-state index contributed by atoms with van der Waals surface area (Å²) in [5, 5.41) is 10.4. The maximum Gasteiger partial charge on any atom is 0.317 e. The molecular formula is C18H31ClN6O2. The molecule has 27 heavy (non-hydrogen) atoms. The minimum atomic E-state index is -0.397. The van der Waals surface area contributed by atoms with Crippen LogP contribution < -0.4 is 10.6 Å². The highest BCUT2D eigenvalue weighted by Crippen LogP contribution is 2.19. The van der Waals surface area contributed by atoms with Gasteiger partial charge in [-0.05, 0) is 19.9 Å². The number of rotatable bonds is 4. The Morgan fingerprint density at radius 1 is 1.11 bits per heavy atom. The molecular weight excluding hydrogens is 368 g/mol. The van der Waals surface area contributed by atoms with Gasteiger partial charge in [-0.2, -0.15) is 5.10 Å². The van der Waals surface area contributed by atoms with Crippen LogP contribution in [0.25, 0.3) is 0 Å². The summed E-state index contributed by atoms with van der Waals surface area (Å²) >= 11 is 0. The van der Waals surface area contributed by atoms with Crippen LogP contribution in [0, 0.1) is 0 Å². The largest absolute Gasteiger partial charge is 0.337 e. The zero-order chi connectivity index (χ0) is 18.5. The van der Waals surface area contributed by atoms with E-state index in [4.69, 9.17) is 0 Å². The van der Waals surface area contributed by atoms with Gasteiger partial charge in [-0.3, -0.25) is 9.48 Å². The fourth-order valence-corrected chi connectivity index (χ4v) is 3.85. The number of hydrogen-bond donors (Lipinski definition) is 2. The average Bonchev–Trinajstić information content (AvgIpc) is 3.09. The lowest BCUT2D eigenvalue weighted by Crippen LogP contribution is -2.56. The molecule has 9 heteroatoms. The van der Waals surface area contributed by atoms with E-state index < -0.39 is 6.04 Å². The number of nitrogens with one attached hydrogen (secondary N) is 2. The Morgan fingerprint density at radius 2 is 1.74 bits per heavy atom. The highest BCUT2D eigenvalue weighted by Gasteiger charge is 2.30. The van der Waals surface area contributed by atoms with Gasteiger partial charge in [-0.1, -0.05) is 19.3 Å². The van der Waals surface area contributed by atoms with Gasteiger partial charge < -0.3 is 20.4 Å². The number of hydrogen-bond acceptors (Lipinski definition) is 4. The van der Waals surface area contributed by atoms with Gasteiger partial charge in [0.2, 0.25) is 5.91 Å². The van der Waals surface area contributed by atoms with Gasteiger partial charge in [-0.25, -0.2) is 4.79 Å². The van der Waals surface area contributed by atoms with E-state index in [1.54, 1.807) is 17.9 Å². The number of nitrogens with zero attached hydrogens (tertiary/aromatic N) is 4. The van der Waals surface area contributed by atoms with Crippen molar-refractivity contribution in [3.63, 3.8) is 0 Å². The van der Waals surface area contributed by atoms with Crippen molar-refractivity contribution in [2.45, 2.75) is 44.2 Å². The zero-order valence-corrected chi connectivity index (χ0v) is 17.0. The van der Waals surface area contributed by atoms with Crippen LogP contribution in [-0.2, 0) is 11.8 Å². The summed E-state index contributed by atoms with van der Waals surface area (Å²) in [6.07, 6.45) is 9.41. The van der Waals surface area contributed by atoms with E-state index in [2.05, 4.69) is 15.7 Å². The van der Waals surface area contributed by atoms with Gasteiger partial charge in [0.25, 0.3) is 0 Å². The van der Waals surface area contributed by atoms with Crippen molar-refractivity contribution in [3.8, 4) is 0 Å². The molecule has 0 spiro atoms. The first-order chi connectivity index (χ1) is 12.6. The third-order valence-corrected chi connectivity index (χ3v) is 5.41. The molecule has 2 fully saturated rings. The maximum atomic E-state index is 12.8. The summed E-state index contributed by atoms with van der Waals surface area (Å²) in [6, 6.07) is -0.0668. The molecule has 8 nitrogen and oxygen atoms in total. The molecule has 0 radical (unpaired) electrons. The number of carbonyl (C=O) groups is 2. The molecule has 1 aliphatic heterocycles. The van der Waals surface area contributed by atoms with Crippen molar-refractivity contribution in [1.29, 1.82) is 0 Å².